The molecule has 0 saturated heterocycles. The minimum absolute atomic E-state index is 0.0950. The van der Waals surface area contributed by atoms with Crippen molar-refractivity contribution in [3.63, 3.8) is 0 Å². The van der Waals surface area contributed by atoms with E-state index in [1.807, 2.05) is 0 Å². The largest absolute Gasteiger partial charge is 0.392 e. The molecular weight excluding hydrogens is 210 g/mol. The van der Waals surface area contributed by atoms with Crippen molar-refractivity contribution in [2.75, 3.05) is 20.6 Å². The van der Waals surface area contributed by atoms with Crippen molar-refractivity contribution in [1.82, 2.24) is 4.90 Å². The SMILES string of the molecule is CN(C)CCCC1C2=C(CC=CC2)CCC1O. The molecule has 0 saturated carbocycles. The summed E-state index contributed by atoms with van der Waals surface area (Å²) in [6.45, 7) is 1.13. The van der Waals surface area contributed by atoms with E-state index in [1.165, 1.54) is 6.42 Å². The zero-order chi connectivity index (χ0) is 12.3. The molecule has 0 fully saturated rings. The highest BCUT2D eigenvalue weighted by Crippen LogP contribution is 2.38. The number of rotatable bonds is 4. The summed E-state index contributed by atoms with van der Waals surface area (Å²) in [4.78, 5) is 2.23. The zero-order valence-corrected chi connectivity index (χ0v) is 11.2. The lowest BCUT2D eigenvalue weighted by Gasteiger charge is -2.34. The first-order valence-electron chi connectivity index (χ1n) is 6.87. The van der Waals surface area contributed by atoms with Crippen LogP contribution in [-0.2, 0) is 0 Å². The van der Waals surface area contributed by atoms with E-state index < -0.39 is 0 Å². The van der Waals surface area contributed by atoms with Crippen LogP contribution in [0, 0.1) is 5.92 Å². The molecule has 0 heterocycles. The van der Waals surface area contributed by atoms with Gasteiger partial charge in [-0.25, -0.2) is 0 Å². The fourth-order valence-corrected chi connectivity index (χ4v) is 3.14. The molecule has 0 spiro atoms. The first-order valence-corrected chi connectivity index (χ1v) is 6.87. The lowest BCUT2D eigenvalue weighted by atomic mass is 9.74. The molecule has 0 aliphatic heterocycles. The normalized spacial score (nSPS) is 28.7. The predicted molar refractivity (Wildman–Crippen MR) is 71.9 cm³/mol. The molecule has 1 N–H and O–H groups in total. The Kier molecular flexibility index (Phi) is 4.41. The van der Waals surface area contributed by atoms with Crippen molar-refractivity contribution >= 4 is 0 Å². The molecule has 2 heteroatoms. The summed E-state index contributed by atoms with van der Waals surface area (Å²) in [7, 11) is 4.23. The minimum atomic E-state index is -0.0950. The number of hydrogen-bond acceptors (Lipinski definition) is 2. The van der Waals surface area contributed by atoms with Crippen LogP contribution in [0.5, 0.6) is 0 Å². The van der Waals surface area contributed by atoms with Gasteiger partial charge in [0, 0.05) is 5.92 Å². The standard InChI is InChI=1S/C15H25NO/c1-16(2)11-5-8-14-13-7-4-3-6-12(13)9-10-15(14)17/h3-4,14-15,17H,5-11H2,1-2H3. The van der Waals surface area contributed by atoms with Gasteiger partial charge in [-0.3, -0.25) is 0 Å². The monoisotopic (exact) mass is 235 g/mol. The second-order valence-corrected chi connectivity index (χ2v) is 5.67. The van der Waals surface area contributed by atoms with E-state index >= 15 is 0 Å². The highest BCUT2D eigenvalue weighted by Gasteiger charge is 2.29. The Bertz CT molecular complexity index is 317. The van der Waals surface area contributed by atoms with Gasteiger partial charge in [0.1, 0.15) is 0 Å². The van der Waals surface area contributed by atoms with Gasteiger partial charge in [-0.15, -0.1) is 0 Å². The Morgan fingerprint density at radius 3 is 2.82 bits per heavy atom. The van der Waals surface area contributed by atoms with Gasteiger partial charge < -0.3 is 10.0 Å². The van der Waals surface area contributed by atoms with Crippen LogP contribution in [0.1, 0.15) is 38.5 Å². The number of aliphatic hydroxyl groups is 1. The molecule has 0 aromatic carbocycles. The Labute approximate surface area is 105 Å². The molecule has 0 bridgehead atoms. The third-order valence-electron chi connectivity index (χ3n) is 4.10. The molecule has 2 nitrogen and oxygen atoms in total. The second-order valence-electron chi connectivity index (χ2n) is 5.67. The molecule has 2 aliphatic carbocycles. The summed E-state index contributed by atoms with van der Waals surface area (Å²) in [5.41, 5.74) is 3.18. The van der Waals surface area contributed by atoms with Crippen LogP contribution >= 0.6 is 0 Å². The Hall–Kier alpha value is -0.600. The molecule has 0 amide bonds. The van der Waals surface area contributed by atoms with E-state index in [4.69, 9.17) is 0 Å². The number of aliphatic hydroxyl groups excluding tert-OH is 1. The van der Waals surface area contributed by atoms with E-state index in [1.54, 1.807) is 11.1 Å². The molecule has 2 aliphatic rings. The van der Waals surface area contributed by atoms with E-state index in [2.05, 4.69) is 31.1 Å². The Morgan fingerprint density at radius 2 is 2.06 bits per heavy atom. The Morgan fingerprint density at radius 1 is 1.29 bits per heavy atom. The first-order chi connectivity index (χ1) is 8.18. The third-order valence-corrected chi connectivity index (χ3v) is 4.10. The van der Waals surface area contributed by atoms with Crippen LogP contribution in [-0.4, -0.2) is 36.8 Å². The maximum Gasteiger partial charge on any atom is 0.0608 e. The molecule has 2 atom stereocenters. The number of allylic oxidation sites excluding steroid dienone is 3. The molecule has 0 aromatic rings. The lowest BCUT2D eigenvalue weighted by molar-refractivity contribution is 0.0990. The van der Waals surface area contributed by atoms with E-state index in [0.717, 1.165) is 38.6 Å². The topological polar surface area (TPSA) is 23.5 Å². The quantitative estimate of drug-likeness (QED) is 0.757. The van der Waals surface area contributed by atoms with Gasteiger partial charge in [-0.05, 0) is 59.2 Å². The van der Waals surface area contributed by atoms with Crippen LogP contribution < -0.4 is 0 Å². The fraction of sp³-hybridized carbons (Fsp3) is 0.733. The Balaban J connectivity index is 1.97. The summed E-state index contributed by atoms with van der Waals surface area (Å²) in [6, 6.07) is 0. The smallest absolute Gasteiger partial charge is 0.0608 e. The van der Waals surface area contributed by atoms with E-state index in [9.17, 15) is 5.11 Å². The molecule has 0 radical (unpaired) electrons. The maximum absolute atomic E-state index is 10.2. The van der Waals surface area contributed by atoms with Crippen LogP contribution in [0.25, 0.3) is 0 Å². The summed E-state index contributed by atoms with van der Waals surface area (Å²) >= 11 is 0. The molecule has 0 aromatic heterocycles. The number of nitrogens with zero attached hydrogens (tertiary/aromatic N) is 1. The predicted octanol–water partition coefficient (Wildman–Crippen LogP) is 2.75. The van der Waals surface area contributed by atoms with Crippen molar-refractivity contribution in [3.8, 4) is 0 Å². The van der Waals surface area contributed by atoms with Gasteiger partial charge in [0.25, 0.3) is 0 Å². The van der Waals surface area contributed by atoms with Crippen molar-refractivity contribution in [2.45, 2.75) is 44.6 Å². The maximum atomic E-state index is 10.2. The molecule has 2 unspecified atom stereocenters. The van der Waals surface area contributed by atoms with Crippen LogP contribution in [0.3, 0.4) is 0 Å². The van der Waals surface area contributed by atoms with Gasteiger partial charge in [0.15, 0.2) is 0 Å². The lowest BCUT2D eigenvalue weighted by Crippen LogP contribution is -2.29. The molecular formula is C15H25NO. The molecule has 17 heavy (non-hydrogen) atoms. The summed E-state index contributed by atoms with van der Waals surface area (Å²) in [5.74, 6) is 0.434. The van der Waals surface area contributed by atoms with Crippen LogP contribution in [0.2, 0.25) is 0 Å². The van der Waals surface area contributed by atoms with Crippen molar-refractivity contribution in [2.24, 2.45) is 5.92 Å². The average Bonchev–Trinajstić information content (AvgIpc) is 2.32. The minimum Gasteiger partial charge on any atom is -0.392 e. The molecule has 2 rings (SSSR count). The van der Waals surface area contributed by atoms with Gasteiger partial charge in [0.2, 0.25) is 0 Å². The van der Waals surface area contributed by atoms with Crippen molar-refractivity contribution < 1.29 is 5.11 Å². The summed E-state index contributed by atoms with van der Waals surface area (Å²) < 4.78 is 0. The van der Waals surface area contributed by atoms with Gasteiger partial charge in [0.05, 0.1) is 6.10 Å². The van der Waals surface area contributed by atoms with Crippen molar-refractivity contribution in [3.05, 3.63) is 23.3 Å². The van der Waals surface area contributed by atoms with Gasteiger partial charge >= 0.3 is 0 Å². The first kappa shape index (κ1) is 12.8. The average molecular weight is 235 g/mol. The van der Waals surface area contributed by atoms with Crippen LogP contribution in [0.4, 0.5) is 0 Å². The highest BCUT2D eigenvalue weighted by atomic mass is 16.3. The van der Waals surface area contributed by atoms with Gasteiger partial charge in [-0.2, -0.15) is 0 Å². The van der Waals surface area contributed by atoms with Gasteiger partial charge in [-0.1, -0.05) is 23.3 Å². The summed E-state index contributed by atoms with van der Waals surface area (Å²) in [5, 5.41) is 10.2. The highest BCUT2D eigenvalue weighted by molar-refractivity contribution is 5.29. The molecule has 96 valence electrons. The number of hydrogen-bond donors (Lipinski definition) is 1. The zero-order valence-electron chi connectivity index (χ0n) is 11.2. The summed E-state index contributed by atoms with van der Waals surface area (Å²) in [6.07, 6.45) is 11.1. The van der Waals surface area contributed by atoms with E-state index in [0.29, 0.717) is 5.92 Å². The fourth-order valence-electron chi connectivity index (χ4n) is 3.14. The third kappa shape index (κ3) is 3.20. The van der Waals surface area contributed by atoms with Crippen LogP contribution in [0.15, 0.2) is 23.3 Å². The second kappa shape index (κ2) is 5.83. The van der Waals surface area contributed by atoms with E-state index in [-0.39, 0.29) is 6.10 Å². The van der Waals surface area contributed by atoms with Crippen molar-refractivity contribution in [1.29, 1.82) is 0 Å².